The van der Waals surface area contributed by atoms with Crippen LogP contribution in [0.15, 0.2) is 18.2 Å². The molecule has 0 amide bonds. The van der Waals surface area contributed by atoms with Crippen molar-refractivity contribution >= 4 is 0 Å². The number of hydrogen-bond acceptors (Lipinski definition) is 3. The lowest BCUT2D eigenvalue weighted by Crippen LogP contribution is -2.39. The summed E-state index contributed by atoms with van der Waals surface area (Å²) in [6.45, 7) is 2.85. The summed E-state index contributed by atoms with van der Waals surface area (Å²) >= 11 is 0. The standard InChI is InChI=1S/C15H21N3/c1-12-6-5-8-14(17-12)11-18(2)15-9-4-3-7-13(15)10-16/h5-6,8,13,15H,3-4,7,9,11H2,1-2H3. The minimum absolute atomic E-state index is 0.188. The van der Waals surface area contributed by atoms with Crippen molar-refractivity contribution in [3.05, 3.63) is 29.6 Å². The number of pyridine rings is 1. The normalized spacial score (nSPS) is 23.9. The predicted octanol–water partition coefficient (Wildman–Crippen LogP) is 2.90. The van der Waals surface area contributed by atoms with E-state index in [1.165, 1.54) is 12.8 Å². The van der Waals surface area contributed by atoms with Crippen LogP contribution >= 0.6 is 0 Å². The van der Waals surface area contributed by atoms with E-state index in [0.29, 0.717) is 6.04 Å². The van der Waals surface area contributed by atoms with Crippen LogP contribution in [0.4, 0.5) is 0 Å². The summed E-state index contributed by atoms with van der Waals surface area (Å²) < 4.78 is 0. The number of nitrogens with zero attached hydrogens (tertiary/aromatic N) is 3. The Morgan fingerprint density at radius 1 is 1.39 bits per heavy atom. The van der Waals surface area contributed by atoms with Crippen molar-refractivity contribution in [2.75, 3.05) is 7.05 Å². The molecule has 2 rings (SSSR count). The highest BCUT2D eigenvalue weighted by molar-refractivity contribution is 5.10. The third-order valence-electron chi connectivity index (χ3n) is 3.82. The first kappa shape index (κ1) is 13.0. The highest BCUT2D eigenvalue weighted by Crippen LogP contribution is 2.28. The first-order valence-corrected chi connectivity index (χ1v) is 6.73. The summed E-state index contributed by atoms with van der Waals surface area (Å²) in [5.41, 5.74) is 2.15. The molecule has 1 aliphatic rings. The van der Waals surface area contributed by atoms with Gasteiger partial charge in [0.15, 0.2) is 0 Å². The molecule has 2 unspecified atom stereocenters. The molecule has 1 heterocycles. The Bertz CT molecular complexity index is 436. The van der Waals surface area contributed by atoms with Gasteiger partial charge < -0.3 is 0 Å². The minimum atomic E-state index is 0.188. The lowest BCUT2D eigenvalue weighted by Gasteiger charge is -2.34. The van der Waals surface area contributed by atoms with Crippen LogP contribution in [0.3, 0.4) is 0 Å². The molecular weight excluding hydrogens is 222 g/mol. The molecule has 0 bridgehead atoms. The molecule has 96 valence electrons. The zero-order chi connectivity index (χ0) is 13.0. The smallest absolute Gasteiger partial charge is 0.0672 e. The number of aromatic nitrogens is 1. The summed E-state index contributed by atoms with van der Waals surface area (Å²) in [5, 5.41) is 9.23. The van der Waals surface area contributed by atoms with E-state index in [2.05, 4.69) is 29.1 Å². The molecule has 0 radical (unpaired) electrons. The van der Waals surface area contributed by atoms with Crippen LogP contribution in [0.25, 0.3) is 0 Å². The van der Waals surface area contributed by atoms with Gasteiger partial charge in [0.25, 0.3) is 0 Å². The third kappa shape index (κ3) is 3.08. The molecule has 2 atom stereocenters. The molecule has 0 aromatic carbocycles. The molecule has 1 aromatic heterocycles. The monoisotopic (exact) mass is 243 g/mol. The Morgan fingerprint density at radius 3 is 2.89 bits per heavy atom. The number of hydrogen-bond donors (Lipinski definition) is 0. The van der Waals surface area contributed by atoms with Crippen LogP contribution in [0.2, 0.25) is 0 Å². The van der Waals surface area contributed by atoms with E-state index in [1.807, 2.05) is 19.1 Å². The Balaban J connectivity index is 2.02. The van der Waals surface area contributed by atoms with Gasteiger partial charge >= 0.3 is 0 Å². The molecule has 0 aliphatic heterocycles. The van der Waals surface area contributed by atoms with Gasteiger partial charge in [-0.1, -0.05) is 18.9 Å². The lowest BCUT2D eigenvalue weighted by molar-refractivity contribution is 0.149. The summed E-state index contributed by atoms with van der Waals surface area (Å²) in [6, 6.07) is 8.99. The minimum Gasteiger partial charge on any atom is -0.296 e. The van der Waals surface area contributed by atoms with E-state index < -0.39 is 0 Å². The maximum absolute atomic E-state index is 9.23. The van der Waals surface area contributed by atoms with Crippen LogP contribution < -0.4 is 0 Å². The molecule has 0 spiro atoms. The molecular formula is C15H21N3. The van der Waals surface area contributed by atoms with E-state index in [9.17, 15) is 5.26 Å². The Morgan fingerprint density at radius 2 is 2.17 bits per heavy atom. The fraction of sp³-hybridized carbons (Fsp3) is 0.600. The van der Waals surface area contributed by atoms with Crippen molar-refractivity contribution in [1.82, 2.24) is 9.88 Å². The molecule has 1 fully saturated rings. The molecule has 1 aromatic rings. The molecule has 1 saturated carbocycles. The van der Waals surface area contributed by atoms with E-state index in [1.54, 1.807) is 0 Å². The van der Waals surface area contributed by atoms with Gasteiger partial charge in [-0.25, -0.2) is 0 Å². The van der Waals surface area contributed by atoms with E-state index in [0.717, 1.165) is 30.8 Å². The zero-order valence-corrected chi connectivity index (χ0v) is 11.3. The van der Waals surface area contributed by atoms with Gasteiger partial charge in [0.05, 0.1) is 17.7 Å². The zero-order valence-electron chi connectivity index (χ0n) is 11.3. The molecule has 1 aliphatic carbocycles. The van der Waals surface area contributed by atoms with Crippen LogP contribution in [-0.4, -0.2) is 23.0 Å². The van der Waals surface area contributed by atoms with Crippen LogP contribution in [0.5, 0.6) is 0 Å². The fourth-order valence-corrected chi connectivity index (χ4v) is 2.85. The van der Waals surface area contributed by atoms with E-state index in [-0.39, 0.29) is 5.92 Å². The van der Waals surface area contributed by atoms with Crippen LogP contribution in [0, 0.1) is 24.2 Å². The summed E-state index contributed by atoms with van der Waals surface area (Å²) in [6.07, 6.45) is 4.63. The van der Waals surface area contributed by atoms with Gasteiger partial charge in [-0.2, -0.15) is 5.26 Å². The van der Waals surface area contributed by atoms with Crippen LogP contribution in [0.1, 0.15) is 37.1 Å². The van der Waals surface area contributed by atoms with Crippen molar-refractivity contribution in [1.29, 1.82) is 5.26 Å². The molecule has 3 heteroatoms. The summed E-state index contributed by atoms with van der Waals surface area (Å²) in [5.74, 6) is 0.188. The maximum Gasteiger partial charge on any atom is 0.0672 e. The highest BCUT2D eigenvalue weighted by Gasteiger charge is 2.28. The summed E-state index contributed by atoms with van der Waals surface area (Å²) in [7, 11) is 2.12. The third-order valence-corrected chi connectivity index (χ3v) is 3.82. The topological polar surface area (TPSA) is 39.9 Å². The first-order valence-electron chi connectivity index (χ1n) is 6.73. The van der Waals surface area contributed by atoms with Crippen molar-refractivity contribution < 1.29 is 0 Å². The van der Waals surface area contributed by atoms with E-state index in [4.69, 9.17) is 0 Å². The second kappa shape index (κ2) is 5.97. The van der Waals surface area contributed by atoms with Crippen molar-refractivity contribution in [3.63, 3.8) is 0 Å². The van der Waals surface area contributed by atoms with E-state index >= 15 is 0 Å². The average molecular weight is 243 g/mol. The Labute approximate surface area is 109 Å². The van der Waals surface area contributed by atoms with Crippen molar-refractivity contribution in [2.45, 2.75) is 45.2 Å². The van der Waals surface area contributed by atoms with Gasteiger partial charge in [0.2, 0.25) is 0 Å². The fourth-order valence-electron chi connectivity index (χ4n) is 2.85. The Kier molecular flexibility index (Phi) is 4.33. The number of nitriles is 1. The SMILES string of the molecule is Cc1cccc(CN(C)C2CCCCC2C#N)n1. The molecule has 18 heavy (non-hydrogen) atoms. The molecule has 3 nitrogen and oxygen atoms in total. The largest absolute Gasteiger partial charge is 0.296 e. The van der Waals surface area contributed by atoms with Gasteiger partial charge in [-0.3, -0.25) is 9.88 Å². The Hall–Kier alpha value is -1.40. The van der Waals surface area contributed by atoms with Gasteiger partial charge in [0.1, 0.15) is 0 Å². The highest BCUT2D eigenvalue weighted by atomic mass is 15.1. The van der Waals surface area contributed by atoms with Crippen molar-refractivity contribution in [2.24, 2.45) is 5.92 Å². The molecule has 0 N–H and O–H groups in total. The predicted molar refractivity (Wildman–Crippen MR) is 71.8 cm³/mol. The quantitative estimate of drug-likeness (QED) is 0.819. The maximum atomic E-state index is 9.23. The second-order valence-corrected chi connectivity index (χ2v) is 5.27. The number of rotatable bonds is 3. The number of aryl methyl sites for hydroxylation is 1. The van der Waals surface area contributed by atoms with Gasteiger partial charge in [0, 0.05) is 18.3 Å². The second-order valence-electron chi connectivity index (χ2n) is 5.27. The van der Waals surface area contributed by atoms with Crippen molar-refractivity contribution in [3.8, 4) is 6.07 Å². The van der Waals surface area contributed by atoms with Gasteiger partial charge in [-0.15, -0.1) is 0 Å². The van der Waals surface area contributed by atoms with Gasteiger partial charge in [-0.05, 0) is 38.9 Å². The average Bonchev–Trinajstić information content (AvgIpc) is 2.38. The molecule has 0 saturated heterocycles. The van der Waals surface area contributed by atoms with Crippen LogP contribution in [-0.2, 0) is 6.54 Å². The summed E-state index contributed by atoms with van der Waals surface area (Å²) in [4.78, 5) is 6.83. The lowest BCUT2D eigenvalue weighted by atomic mass is 9.84. The first-order chi connectivity index (χ1) is 8.70.